The zero-order valence-electron chi connectivity index (χ0n) is 25.4. The Labute approximate surface area is 253 Å². The number of esters is 1. The van der Waals surface area contributed by atoms with Gasteiger partial charge in [0.25, 0.3) is 0 Å². The minimum atomic E-state index is -5.17. The van der Waals surface area contributed by atoms with Crippen LogP contribution in [0.5, 0.6) is 0 Å². The molecule has 13 heteroatoms. The number of aliphatic hydroxyl groups excluding tert-OH is 2. The molecule has 0 radical (unpaired) electrons. The summed E-state index contributed by atoms with van der Waals surface area (Å²) in [6.07, 6.45) is 10.7. The number of alkyl carbamates (subject to hydrolysis) is 1. The van der Waals surface area contributed by atoms with Crippen LogP contribution in [0.1, 0.15) is 72.6 Å². The standard InChI is InChI=1S/C30H48NO11P/c1-5-22-13-14-27(34)40-25(22)15-16-30(36,17-18-31-28(35)41-29(2,3)4)26(42-43(37,38)39)20-24(33)11-7-6-9-21-10-8-12-23(32)19-21/h6-7,9,11,13-16,21-26,32-33,36H,5,8,10,12,17-20H2,1-4H3,(H,31,35)(H2,37,38,39)/b9-6-,11-7-,16-15+/t21-,22+,23+,24+,25+,26-,30+/m1/s1. The lowest BCUT2D eigenvalue weighted by Crippen LogP contribution is -2.46. The predicted octanol–water partition coefficient (Wildman–Crippen LogP) is 3.59. The topological polar surface area (TPSA) is 192 Å². The Bertz CT molecular complexity index is 1080. The third-order valence-electron chi connectivity index (χ3n) is 7.19. The zero-order valence-corrected chi connectivity index (χ0v) is 26.3. The molecule has 0 spiro atoms. The molecule has 1 fully saturated rings. The molecule has 7 atom stereocenters. The van der Waals surface area contributed by atoms with Crippen LogP contribution in [0.3, 0.4) is 0 Å². The number of aliphatic hydroxyl groups is 3. The molecule has 0 aromatic rings. The normalized spacial score (nSPS) is 26.4. The fraction of sp³-hybridized carbons (Fsp3) is 0.667. The van der Waals surface area contributed by atoms with E-state index >= 15 is 0 Å². The molecular formula is C30H48NO11P. The van der Waals surface area contributed by atoms with Crippen LogP contribution in [-0.2, 0) is 23.4 Å². The molecule has 0 aromatic heterocycles. The third kappa shape index (κ3) is 14.3. The number of allylic oxidation sites excluding steroid dienone is 3. The number of hydrogen-bond donors (Lipinski definition) is 6. The first-order valence-corrected chi connectivity index (χ1v) is 16.2. The number of cyclic esters (lactones) is 1. The highest BCUT2D eigenvalue weighted by atomic mass is 31.2. The van der Waals surface area contributed by atoms with Gasteiger partial charge >= 0.3 is 19.9 Å². The van der Waals surface area contributed by atoms with Crippen molar-refractivity contribution in [2.75, 3.05) is 6.54 Å². The molecule has 1 heterocycles. The molecule has 2 aliphatic rings. The van der Waals surface area contributed by atoms with E-state index in [9.17, 15) is 39.3 Å². The second-order valence-electron chi connectivity index (χ2n) is 12.1. The van der Waals surface area contributed by atoms with E-state index in [1.807, 2.05) is 13.0 Å². The molecule has 1 amide bonds. The van der Waals surface area contributed by atoms with Crippen LogP contribution in [0.4, 0.5) is 4.79 Å². The number of hydrogen-bond acceptors (Lipinski definition) is 9. The molecule has 2 rings (SSSR count). The maximum absolute atomic E-state index is 12.2. The number of ether oxygens (including phenoxy) is 2. The minimum absolute atomic E-state index is 0.180. The van der Waals surface area contributed by atoms with Crippen LogP contribution < -0.4 is 5.32 Å². The van der Waals surface area contributed by atoms with Crippen LogP contribution in [-0.4, -0.2) is 79.3 Å². The van der Waals surface area contributed by atoms with Crippen LogP contribution in [0, 0.1) is 11.8 Å². The van der Waals surface area contributed by atoms with Crippen LogP contribution in [0.2, 0.25) is 0 Å². The van der Waals surface area contributed by atoms with Gasteiger partial charge in [-0.3, -0.25) is 4.52 Å². The molecule has 43 heavy (non-hydrogen) atoms. The van der Waals surface area contributed by atoms with Crippen molar-refractivity contribution in [3.8, 4) is 0 Å². The number of rotatable bonds is 14. The van der Waals surface area contributed by atoms with Gasteiger partial charge in [0.2, 0.25) is 0 Å². The summed E-state index contributed by atoms with van der Waals surface area (Å²) in [5.41, 5.74) is -2.91. The van der Waals surface area contributed by atoms with Gasteiger partial charge in [0.15, 0.2) is 0 Å². The molecule has 1 aliphatic carbocycles. The highest BCUT2D eigenvalue weighted by Gasteiger charge is 2.41. The quantitative estimate of drug-likeness (QED) is 0.0712. The first-order valence-electron chi connectivity index (χ1n) is 14.7. The SMILES string of the molecule is CC[C@H]1C=CC(=O)O[C@H]1/C=C/[C@](O)(CCNC(=O)OC(C)(C)C)[C@@H](C[C@@H](O)/C=C\C=C/[C@@H]1CCC[C@H](O)C1)OP(=O)(O)O. The summed E-state index contributed by atoms with van der Waals surface area (Å²) in [7, 11) is -5.17. The average molecular weight is 630 g/mol. The van der Waals surface area contributed by atoms with Gasteiger partial charge in [-0.2, -0.15) is 0 Å². The smallest absolute Gasteiger partial charge is 0.454 e. The van der Waals surface area contributed by atoms with Gasteiger partial charge in [-0.1, -0.05) is 49.8 Å². The van der Waals surface area contributed by atoms with Crippen LogP contribution in [0.15, 0.2) is 48.6 Å². The van der Waals surface area contributed by atoms with Crippen LogP contribution in [0.25, 0.3) is 0 Å². The largest absolute Gasteiger partial charge is 0.469 e. The lowest BCUT2D eigenvalue weighted by atomic mass is 9.86. The van der Waals surface area contributed by atoms with Gasteiger partial charge in [0, 0.05) is 25.0 Å². The Morgan fingerprint density at radius 1 is 1.23 bits per heavy atom. The fourth-order valence-corrected chi connectivity index (χ4v) is 5.61. The molecule has 0 bridgehead atoms. The number of phosphoric ester groups is 1. The Morgan fingerprint density at radius 3 is 2.58 bits per heavy atom. The fourth-order valence-electron chi connectivity index (χ4n) is 5.01. The lowest BCUT2D eigenvalue weighted by molar-refractivity contribution is -0.143. The summed E-state index contributed by atoms with van der Waals surface area (Å²) < 4.78 is 27.5. The maximum Gasteiger partial charge on any atom is 0.469 e. The number of carbonyl (C=O) groups excluding carboxylic acids is 2. The van der Waals surface area contributed by atoms with Gasteiger partial charge in [-0.25, -0.2) is 14.2 Å². The summed E-state index contributed by atoms with van der Waals surface area (Å²) in [4.78, 5) is 43.4. The van der Waals surface area contributed by atoms with Crippen molar-refractivity contribution in [3.05, 3.63) is 48.6 Å². The van der Waals surface area contributed by atoms with E-state index in [-0.39, 0.29) is 30.9 Å². The van der Waals surface area contributed by atoms with E-state index in [1.54, 1.807) is 39.0 Å². The van der Waals surface area contributed by atoms with Crippen molar-refractivity contribution in [1.29, 1.82) is 0 Å². The van der Waals surface area contributed by atoms with E-state index in [0.717, 1.165) is 19.3 Å². The third-order valence-corrected chi connectivity index (χ3v) is 7.71. The summed E-state index contributed by atoms with van der Waals surface area (Å²) in [5, 5.41) is 34.9. The summed E-state index contributed by atoms with van der Waals surface area (Å²) >= 11 is 0. The van der Waals surface area contributed by atoms with E-state index in [4.69, 9.17) is 14.0 Å². The average Bonchev–Trinajstić information content (AvgIpc) is 2.88. The van der Waals surface area contributed by atoms with Crippen molar-refractivity contribution in [3.63, 3.8) is 0 Å². The predicted molar refractivity (Wildman–Crippen MR) is 160 cm³/mol. The van der Waals surface area contributed by atoms with E-state index in [1.165, 1.54) is 24.3 Å². The Hall–Kier alpha value is -2.31. The summed E-state index contributed by atoms with van der Waals surface area (Å²) in [5.74, 6) is -0.571. The van der Waals surface area contributed by atoms with Gasteiger partial charge < -0.3 is 39.9 Å². The van der Waals surface area contributed by atoms with Crippen molar-refractivity contribution in [2.24, 2.45) is 11.8 Å². The molecule has 244 valence electrons. The lowest BCUT2D eigenvalue weighted by Gasteiger charge is -2.35. The molecule has 0 aromatic carbocycles. The summed E-state index contributed by atoms with van der Waals surface area (Å²) in [6.45, 7) is 6.76. The van der Waals surface area contributed by atoms with Gasteiger partial charge in [-0.15, -0.1) is 0 Å². The highest BCUT2D eigenvalue weighted by molar-refractivity contribution is 7.46. The van der Waals surface area contributed by atoms with Crippen molar-refractivity contribution in [1.82, 2.24) is 5.32 Å². The number of carbonyl (C=O) groups is 2. The minimum Gasteiger partial charge on any atom is -0.454 e. The first-order chi connectivity index (χ1) is 20.0. The monoisotopic (exact) mass is 629 g/mol. The second kappa shape index (κ2) is 16.7. The van der Waals surface area contributed by atoms with E-state index in [2.05, 4.69) is 5.32 Å². The molecular weight excluding hydrogens is 581 g/mol. The van der Waals surface area contributed by atoms with E-state index in [0.29, 0.717) is 12.8 Å². The zero-order chi connectivity index (χ0) is 32.3. The molecule has 1 aliphatic heterocycles. The van der Waals surface area contributed by atoms with Gasteiger partial charge in [-0.05, 0) is 64.9 Å². The maximum atomic E-state index is 12.2. The van der Waals surface area contributed by atoms with Crippen LogP contribution >= 0.6 is 7.82 Å². The Kier molecular flexibility index (Phi) is 14.3. The highest BCUT2D eigenvalue weighted by Crippen LogP contribution is 2.42. The second-order valence-corrected chi connectivity index (χ2v) is 13.3. The van der Waals surface area contributed by atoms with Gasteiger partial charge in [0.05, 0.1) is 12.2 Å². The number of nitrogens with one attached hydrogen (secondary N) is 1. The molecule has 0 saturated heterocycles. The molecule has 12 nitrogen and oxygen atoms in total. The number of amides is 1. The Balaban J connectivity index is 2.27. The summed E-state index contributed by atoms with van der Waals surface area (Å²) in [6, 6.07) is 0. The molecule has 1 saturated carbocycles. The van der Waals surface area contributed by atoms with Crippen molar-refractivity contribution < 1.29 is 53.3 Å². The molecule has 0 unspecified atom stereocenters. The molecule has 6 N–H and O–H groups in total. The van der Waals surface area contributed by atoms with E-state index < -0.39 is 55.8 Å². The van der Waals surface area contributed by atoms with Crippen molar-refractivity contribution in [2.45, 2.75) is 108 Å². The number of phosphoric acid groups is 1. The van der Waals surface area contributed by atoms with Crippen molar-refractivity contribution >= 4 is 19.9 Å². The first kappa shape index (κ1) is 36.9. The van der Waals surface area contributed by atoms with Gasteiger partial charge in [0.1, 0.15) is 23.4 Å². The Morgan fingerprint density at radius 2 is 1.95 bits per heavy atom.